The lowest BCUT2D eigenvalue weighted by molar-refractivity contribution is 0.660. The van der Waals surface area contributed by atoms with Crippen LogP contribution in [0.3, 0.4) is 0 Å². The fourth-order valence-corrected chi connectivity index (χ4v) is 11.1. The second-order valence-electron chi connectivity index (χ2n) is 17.6. The van der Waals surface area contributed by atoms with E-state index in [0.717, 1.165) is 17.1 Å². The van der Waals surface area contributed by atoms with E-state index in [2.05, 4.69) is 255 Å². The number of rotatable bonds is 7. The highest BCUT2D eigenvalue weighted by Gasteiger charge is 2.47. The molecule has 10 aromatic carbocycles. The first-order valence-electron chi connectivity index (χ1n) is 22.1. The average molecular weight is 804 g/mol. The third-order valence-corrected chi connectivity index (χ3v) is 13.9. The molecule has 2 aliphatic carbocycles. The predicted octanol–water partition coefficient (Wildman–Crippen LogP) is 16.3. The zero-order valence-corrected chi connectivity index (χ0v) is 35.5. The second-order valence-corrected chi connectivity index (χ2v) is 17.6. The van der Waals surface area contributed by atoms with Crippen LogP contribution >= 0.6 is 0 Å². The maximum Gasteiger partial charge on any atom is 0.0714 e. The minimum Gasteiger partial charge on any atom is -0.310 e. The summed E-state index contributed by atoms with van der Waals surface area (Å²) in [4.78, 5) is 2.51. The molecule has 1 nitrogen and oxygen atoms in total. The topological polar surface area (TPSA) is 3.24 Å². The molecule has 0 N–H and O–H groups in total. The van der Waals surface area contributed by atoms with Crippen LogP contribution in [-0.2, 0) is 10.8 Å². The quantitative estimate of drug-likeness (QED) is 0.155. The summed E-state index contributed by atoms with van der Waals surface area (Å²) < 4.78 is 0. The Labute approximate surface area is 370 Å². The Morgan fingerprint density at radius 3 is 1.57 bits per heavy atom. The van der Waals surface area contributed by atoms with E-state index in [9.17, 15) is 0 Å². The summed E-state index contributed by atoms with van der Waals surface area (Å²) in [6, 6.07) is 88.0. The van der Waals surface area contributed by atoms with Gasteiger partial charge >= 0.3 is 0 Å². The monoisotopic (exact) mass is 803 g/mol. The molecule has 0 amide bonds. The van der Waals surface area contributed by atoms with Gasteiger partial charge in [-0.1, -0.05) is 214 Å². The summed E-state index contributed by atoms with van der Waals surface area (Å²) in [7, 11) is 0. The van der Waals surface area contributed by atoms with Crippen LogP contribution < -0.4 is 4.90 Å². The number of anilines is 3. The normalized spacial score (nSPS) is 13.8. The van der Waals surface area contributed by atoms with Gasteiger partial charge in [0.25, 0.3) is 0 Å². The smallest absolute Gasteiger partial charge is 0.0714 e. The lowest BCUT2D eigenvalue weighted by Crippen LogP contribution is -2.28. The Hall–Kier alpha value is -7.74. The van der Waals surface area contributed by atoms with Crippen LogP contribution in [0.5, 0.6) is 0 Å². The van der Waals surface area contributed by atoms with Crippen LogP contribution in [0, 0.1) is 0 Å². The average Bonchev–Trinajstić information content (AvgIpc) is 3.77. The molecule has 0 saturated carbocycles. The molecule has 10 aromatic rings. The van der Waals surface area contributed by atoms with Crippen molar-refractivity contribution in [3.05, 3.63) is 270 Å². The number of hydrogen-bond donors (Lipinski definition) is 0. The Balaban J connectivity index is 1.19. The van der Waals surface area contributed by atoms with Crippen molar-refractivity contribution >= 4 is 27.8 Å². The molecule has 63 heavy (non-hydrogen) atoms. The molecule has 0 atom stereocenters. The summed E-state index contributed by atoms with van der Waals surface area (Å²) >= 11 is 0. The van der Waals surface area contributed by atoms with Crippen LogP contribution in [-0.4, -0.2) is 0 Å². The highest BCUT2D eigenvalue weighted by atomic mass is 15.1. The minimum absolute atomic E-state index is 0.158. The van der Waals surface area contributed by atoms with Gasteiger partial charge in [0.1, 0.15) is 0 Å². The van der Waals surface area contributed by atoms with Crippen molar-refractivity contribution in [1.29, 1.82) is 0 Å². The molecule has 0 spiro atoms. The summed E-state index contributed by atoms with van der Waals surface area (Å²) in [6.07, 6.45) is 0. The van der Waals surface area contributed by atoms with Gasteiger partial charge in [0.2, 0.25) is 0 Å². The van der Waals surface area contributed by atoms with Crippen molar-refractivity contribution in [2.24, 2.45) is 0 Å². The van der Waals surface area contributed by atoms with E-state index in [1.807, 2.05) is 0 Å². The van der Waals surface area contributed by atoms with Crippen molar-refractivity contribution in [2.75, 3.05) is 4.90 Å². The number of benzene rings is 10. The van der Waals surface area contributed by atoms with Gasteiger partial charge < -0.3 is 4.90 Å². The maximum absolute atomic E-state index is 2.52. The molecule has 0 aromatic heterocycles. The first-order chi connectivity index (χ1) is 31.0. The second kappa shape index (κ2) is 14.4. The highest BCUT2D eigenvalue weighted by Crippen LogP contribution is 2.60. The van der Waals surface area contributed by atoms with Crippen LogP contribution in [0.25, 0.3) is 55.3 Å². The maximum atomic E-state index is 2.52. The van der Waals surface area contributed by atoms with E-state index < -0.39 is 5.41 Å². The molecule has 0 fully saturated rings. The fourth-order valence-electron chi connectivity index (χ4n) is 11.1. The van der Waals surface area contributed by atoms with E-state index in [-0.39, 0.29) is 5.41 Å². The third-order valence-electron chi connectivity index (χ3n) is 13.9. The Morgan fingerprint density at radius 2 is 0.841 bits per heavy atom. The van der Waals surface area contributed by atoms with Crippen molar-refractivity contribution in [3.63, 3.8) is 0 Å². The Bertz CT molecular complexity index is 3300. The minimum atomic E-state index is -0.589. The molecule has 12 rings (SSSR count). The first-order valence-corrected chi connectivity index (χ1v) is 22.1. The van der Waals surface area contributed by atoms with Gasteiger partial charge in [0.05, 0.1) is 5.41 Å². The standard InChI is InChI=1S/C62H45N/c1-61(2)56-31-16-14-28-52(56)53-38-37-48(40-58(53)61)63(47-35-33-43(34-36-47)42-19-6-3-7-20-42)49-39-55(51-30-18-22-44-21-12-13-27-50(44)51)60-54-29-15-17-32-57(54)62(59(60)41-49,45-23-8-4-9-24-45)46-25-10-5-11-26-46/h3-41H,1-2H3. The SMILES string of the molecule is CC1(C)c2ccccc2-c2ccc(N(c3ccc(-c4ccccc4)cc3)c3cc(-c4cccc5ccccc45)c4c(c3)C(c3ccccc3)(c3ccccc3)c3ccccc3-4)cc21. The molecule has 0 bridgehead atoms. The number of nitrogens with zero attached hydrogens (tertiary/aromatic N) is 1. The molecule has 0 unspecified atom stereocenters. The van der Waals surface area contributed by atoms with Crippen molar-refractivity contribution < 1.29 is 0 Å². The summed E-state index contributed by atoms with van der Waals surface area (Å²) in [5.74, 6) is 0. The van der Waals surface area contributed by atoms with Crippen LogP contribution in [0.15, 0.2) is 237 Å². The number of fused-ring (bicyclic) bond motifs is 7. The molecule has 0 aliphatic heterocycles. The Morgan fingerprint density at radius 1 is 0.317 bits per heavy atom. The van der Waals surface area contributed by atoms with E-state index in [1.165, 1.54) is 88.7 Å². The van der Waals surface area contributed by atoms with E-state index >= 15 is 0 Å². The molecular formula is C62H45N. The van der Waals surface area contributed by atoms with E-state index in [0.29, 0.717) is 0 Å². The number of hydrogen-bond acceptors (Lipinski definition) is 1. The zero-order valence-electron chi connectivity index (χ0n) is 35.5. The van der Waals surface area contributed by atoms with Gasteiger partial charge in [-0.05, 0) is 125 Å². The Kier molecular flexibility index (Phi) is 8.49. The molecule has 0 radical (unpaired) electrons. The van der Waals surface area contributed by atoms with Crippen LogP contribution in [0.4, 0.5) is 17.1 Å². The van der Waals surface area contributed by atoms with Crippen LogP contribution in [0.2, 0.25) is 0 Å². The largest absolute Gasteiger partial charge is 0.310 e. The van der Waals surface area contributed by atoms with Gasteiger partial charge in [0.15, 0.2) is 0 Å². The van der Waals surface area contributed by atoms with Gasteiger partial charge in [-0.2, -0.15) is 0 Å². The third kappa shape index (κ3) is 5.63. The predicted molar refractivity (Wildman–Crippen MR) is 264 cm³/mol. The van der Waals surface area contributed by atoms with Crippen LogP contribution in [0.1, 0.15) is 47.2 Å². The molecule has 298 valence electrons. The van der Waals surface area contributed by atoms with E-state index in [4.69, 9.17) is 0 Å². The van der Waals surface area contributed by atoms with Crippen molar-refractivity contribution in [2.45, 2.75) is 24.7 Å². The summed E-state index contributed by atoms with van der Waals surface area (Å²) in [6.45, 7) is 4.75. The van der Waals surface area contributed by atoms with Gasteiger partial charge in [0, 0.05) is 22.5 Å². The van der Waals surface area contributed by atoms with Crippen molar-refractivity contribution in [3.8, 4) is 44.5 Å². The van der Waals surface area contributed by atoms with E-state index in [1.54, 1.807) is 0 Å². The van der Waals surface area contributed by atoms with Gasteiger partial charge in [-0.3, -0.25) is 0 Å². The van der Waals surface area contributed by atoms with Crippen molar-refractivity contribution in [1.82, 2.24) is 0 Å². The zero-order chi connectivity index (χ0) is 42.1. The molecule has 0 saturated heterocycles. The summed E-state index contributed by atoms with van der Waals surface area (Å²) in [5.41, 5.74) is 20.4. The molecule has 1 heteroatoms. The molecule has 2 aliphatic rings. The fraction of sp³-hybridized carbons (Fsp3) is 0.0645. The molecular weight excluding hydrogens is 759 g/mol. The first kappa shape index (κ1) is 37.1. The molecule has 0 heterocycles. The highest BCUT2D eigenvalue weighted by molar-refractivity contribution is 6.05. The van der Waals surface area contributed by atoms with Gasteiger partial charge in [-0.15, -0.1) is 0 Å². The summed E-state index contributed by atoms with van der Waals surface area (Å²) in [5, 5.41) is 2.47. The lowest BCUT2D eigenvalue weighted by atomic mass is 9.67. The van der Waals surface area contributed by atoms with Gasteiger partial charge in [-0.25, -0.2) is 0 Å². The lowest BCUT2D eigenvalue weighted by Gasteiger charge is -2.35.